The molecule has 328 valence electrons. The molecule has 1 amide bonds. The molecule has 4 unspecified atom stereocenters. The molecule has 3 aliphatic rings. The first kappa shape index (κ1) is 46.4. The predicted molar refractivity (Wildman–Crippen MR) is 211 cm³/mol. The Morgan fingerprint density at radius 2 is 1.73 bits per heavy atom. The number of nitrogens with zero attached hydrogens (tertiary/aromatic N) is 2. The first-order valence-electron chi connectivity index (χ1n) is 20.2. The molecule has 1 aromatic carbocycles. The number of amides is 1. The second-order valence-corrected chi connectivity index (χ2v) is 17.2. The van der Waals surface area contributed by atoms with Gasteiger partial charge in [-0.15, -0.1) is 0 Å². The number of aromatic nitrogens is 1. The number of para-hydroxylation sites is 1. The molecular formula is C42H61N3O14. The van der Waals surface area contributed by atoms with Gasteiger partial charge in [0.1, 0.15) is 30.2 Å². The number of carbonyl (C=O) groups is 4. The van der Waals surface area contributed by atoms with Crippen LogP contribution in [0.15, 0.2) is 36.5 Å². The number of likely N-dealkylation sites (N-methyl/N-ethyl adjacent to an activating group) is 1. The predicted octanol–water partition coefficient (Wildman–Crippen LogP) is 1.58. The summed E-state index contributed by atoms with van der Waals surface area (Å²) >= 11 is 0. The largest absolute Gasteiger partial charge is 0.455 e. The lowest BCUT2D eigenvalue weighted by Gasteiger charge is -2.48. The van der Waals surface area contributed by atoms with Crippen LogP contribution >= 0.6 is 0 Å². The van der Waals surface area contributed by atoms with Crippen molar-refractivity contribution in [2.75, 3.05) is 27.3 Å². The van der Waals surface area contributed by atoms with Crippen molar-refractivity contribution in [1.29, 1.82) is 0 Å². The summed E-state index contributed by atoms with van der Waals surface area (Å²) in [6.45, 7) is 8.92. The van der Waals surface area contributed by atoms with Crippen LogP contribution in [0.4, 0.5) is 4.79 Å². The highest BCUT2D eigenvalue weighted by molar-refractivity contribution is 6.08. The van der Waals surface area contributed by atoms with Gasteiger partial charge in [0.25, 0.3) is 0 Å². The number of fused-ring (bicyclic) bond motifs is 2. The highest BCUT2D eigenvalue weighted by Crippen LogP contribution is 2.41. The number of hydrogen-bond acceptors (Lipinski definition) is 16. The van der Waals surface area contributed by atoms with Crippen LogP contribution < -0.4 is 5.32 Å². The average molecular weight is 832 g/mol. The van der Waals surface area contributed by atoms with Gasteiger partial charge in [0, 0.05) is 40.9 Å². The molecule has 3 fully saturated rings. The van der Waals surface area contributed by atoms with Crippen LogP contribution in [0.1, 0.15) is 79.4 Å². The lowest BCUT2D eigenvalue weighted by atomic mass is 9.73. The van der Waals surface area contributed by atoms with Gasteiger partial charge in [-0.3, -0.25) is 14.6 Å². The Labute approximate surface area is 344 Å². The smallest absolute Gasteiger partial charge is 0.408 e. The van der Waals surface area contributed by atoms with Gasteiger partial charge >= 0.3 is 12.1 Å². The fourth-order valence-electron chi connectivity index (χ4n) is 9.05. The van der Waals surface area contributed by atoms with Gasteiger partial charge in [-0.1, -0.05) is 45.9 Å². The van der Waals surface area contributed by atoms with Crippen LogP contribution in [0.5, 0.6) is 0 Å². The van der Waals surface area contributed by atoms with Gasteiger partial charge in [0.05, 0.1) is 42.6 Å². The molecule has 6 N–H and O–H groups in total. The minimum atomic E-state index is -3.18. The van der Waals surface area contributed by atoms with E-state index in [1.54, 1.807) is 64.9 Å². The van der Waals surface area contributed by atoms with E-state index in [0.29, 0.717) is 17.3 Å². The van der Waals surface area contributed by atoms with Gasteiger partial charge in [0.15, 0.2) is 17.7 Å². The maximum Gasteiger partial charge on any atom is 0.408 e. The van der Waals surface area contributed by atoms with Crippen molar-refractivity contribution in [2.45, 2.75) is 140 Å². The number of ether oxygens (including phenoxy) is 5. The number of aliphatic hydroxyl groups excluding tert-OH is 4. The maximum atomic E-state index is 14.6. The molecule has 17 nitrogen and oxygen atoms in total. The third kappa shape index (κ3) is 9.18. The van der Waals surface area contributed by atoms with Crippen LogP contribution in [0.25, 0.3) is 10.9 Å². The quantitative estimate of drug-likeness (QED) is 0.147. The van der Waals surface area contributed by atoms with Crippen LogP contribution in [-0.2, 0) is 38.1 Å². The molecule has 3 saturated heterocycles. The minimum absolute atomic E-state index is 0.0264. The zero-order valence-electron chi connectivity index (χ0n) is 35.2. The van der Waals surface area contributed by atoms with Crippen LogP contribution in [0.3, 0.4) is 0 Å². The van der Waals surface area contributed by atoms with E-state index in [1.807, 2.05) is 12.1 Å². The zero-order chi connectivity index (χ0) is 43.8. The Kier molecular flexibility index (Phi) is 14.3. The Bertz CT molecular complexity index is 1850. The number of alkyl carbamates (subject to hydrolysis) is 1. The summed E-state index contributed by atoms with van der Waals surface area (Å²) in [6.07, 6.45) is -8.35. The molecular weight excluding hydrogens is 770 g/mol. The number of carbonyl (C=O) groups excluding carboxylic acids is 4. The summed E-state index contributed by atoms with van der Waals surface area (Å²) in [5, 5.41) is 60.2. The molecule has 59 heavy (non-hydrogen) atoms. The van der Waals surface area contributed by atoms with E-state index < -0.39 is 121 Å². The van der Waals surface area contributed by atoms with Crippen LogP contribution in [0, 0.1) is 17.8 Å². The lowest BCUT2D eigenvalue weighted by Crippen LogP contribution is -2.63. The van der Waals surface area contributed by atoms with E-state index in [-0.39, 0.29) is 24.2 Å². The molecule has 4 heterocycles. The normalized spacial score (nSPS) is 38.6. The van der Waals surface area contributed by atoms with Crippen LogP contribution in [-0.4, -0.2) is 152 Å². The first-order chi connectivity index (χ1) is 27.6. The zero-order valence-corrected chi connectivity index (χ0v) is 35.2. The number of rotatable bonds is 10. The minimum Gasteiger partial charge on any atom is -0.455 e. The number of benzene rings is 1. The number of nitrogens with one attached hydrogen (secondary N) is 1. The van der Waals surface area contributed by atoms with Gasteiger partial charge in [-0.25, -0.2) is 9.59 Å². The number of Topliss-reactive ketones (excluding diaryl/α,β-unsaturated/α-hetero) is 2. The van der Waals surface area contributed by atoms with E-state index in [1.165, 1.54) is 27.0 Å². The van der Waals surface area contributed by atoms with Crippen LogP contribution in [0.2, 0.25) is 0 Å². The van der Waals surface area contributed by atoms with Crippen molar-refractivity contribution in [2.24, 2.45) is 17.8 Å². The number of hydrogen-bond donors (Lipinski definition) is 6. The number of esters is 1. The molecule has 1 aromatic heterocycles. The topological polar surface area (TPSA) is 244 Å². The van der Waals surface area contributed by atoms with Gasteiger partial charge < -0.3 is 59.4 Å². The maximum absolute atomic E-state index is 14.6. The Hall–Kier alpha value is -3.65. The number of aliphatic hydroxyl groups is 5. The first-order valence-corrected chi connectivity index (χ1v) is 20.2. The Morgan fingerprint density at radius 1 is 1.05 bits per heavy atom. The molecule has 0 saturated carbocycles. The van der Waals surface area contributed by atoms with Gasteiger partial charge in [0.2, 0.25) is 5.60 Å². The second-order valence-electron chi connectivity index (χ2n) is 17.2. The Balaban J connectivity index is 1.61. The summed E-state index contributed by atoms with van der Waals surface area (Å²) in [4.78, 5) is 62.0. The summed E-state index contributed by atoms with van der Waals surface area (Å²) < 4.78 is 30.6. The van der Waals surface area contributed by atoms with E-state index in [4.69, 9.17) is 23.7 Å². The summed E-state index contributed by atoms with van der Waals surface area (Å²) in [6, 6.07) is 7.38. The SMILES string of the molecule is CC[C@H]1OC(=O)C(O)(CO)C(=O)[C@H](C)[C@@H](O[C@@H]2O[C@H](C)C[C@H](N(C)C)[C@H]2O)[C@](C)(OCC(O)C(O)c2cnc3ccccc3c2)C[C@@H](C)C(=O)[C@H](C)C2NC(=O)O[C@@]21C. The Morgan fingerprint density at radius 3 is 2.37 bits per heavy atom. The third-order valence-corrected chi connectivity index (χ3v) is 12.5. The lowest BCUT2D eigenvalue weighted by molar-refractivity contribution is -0.300. The summed E-state index contributed by atoms with van der Waals surface area (Å²) in [7, 11) is 3.55. The molecule has 5 rings (SSSR count). The number of ketones is 2. The van der Waals surface area contributed by atoms with Crippen molar-refractivity contribution < 1.29 is 68.4 Å². The molecule has 17 heteroatoms. The van der Waals surface area contributed by atoms with Crippen molar-refractivity contribution in [3.63, 3.8) is 0 Å². The highest BCUT2D eigenvalue weighted by atomic mass is 16.7. The van der Waals surface area contributed by atoms with E-state index in [0.717, 1.165) is 0 Å². The summed E-state index contributed by atoms with van der Waals surface area (Å²) in [5.41, 5.74) is -5.69. The molecule has 0 spiro atoms. The third-order valence-electron chi connectivity index (χ3n) is 12.5. The van der Waals surface area contributed by atoms with Gasteiger partial charge in [-0.2, -0.15) is 0 Å². The highest BCUT2D eigenvalue weighted by Gasteiger charge is 2.60. The van der Waals surface area contributed by atoms with E-state index in [2.05, 4.69) is 10.3 Å². The molecule has 0 bridgehead atoms. The van der Waals surface area contributed by atoms with E-state index in [9.17, 15) is 44.7 Å². The fraction of sp³-hybridized carbons (Fsp3) is 0.690. The number of cyclic esters (lactones) is 1. The standard InChI is InChI=1S/C42H61N3O14/c1-10-30-41(7)34(44-39(53)59-41)23(4)31(48)21(2)17-40(6,55-19-29(47)32(49)26-16-25-13-11-12-14-27(25)43-18-26)36(24(5)35(51)42(54,20-46)38(52)57-30)58-37-33(50)28(45(8)9)15-22(3)56-37/h11-14,16,18,21-24,28-30,32-34,36-37,46-47,49-50,54H,10,15,17,19-20H2,1-9H3,(H,44,53)/t21-,22-,23+,24+,28+,29?,30-,32?,33-,34?,36-,37+,40-,41-,42?/m1/s1. The monoisotopic (exact) mass is 831 g/mol. The summed E-state index contributed by atoms with van der Waals surface area (Å²) in [5.74, 6) is -6.62. The van der Waals surface area contributed by atoms with Crippen molar-refractivity contribution in [1.82, 2.24) is 15.2 Å². The van der Waals surface area contributed by atoms with E-state index >= 15 is 0 Å². The molecule has 15 atom stereocenters. The molecule has 2 aromatic rings. The fourth-order valence-corrected chi connectivity index (χ4v) is 9.05. The second kappa shape index (κ2) is 18.1. The molecule has 0 radical (unpaired) electrons. The van der Waals surface area contributed by atoms with Crippen molar-refractivity contribution >= 4 is 34.5 Å². The number of pyridine rings is 1. The average Bonchev–Trinajstić information content (AvgIpc) is 3.53. The molecule has 0 aliphatic carbocycles. The molecule has 3 aliphatic heterocycles. The van der Waals surface area contributed by atoms with Crippen molar-refractivity contribution in [3.05, 3.63) is 42.1 Å². The van der Waals surface area contributed by atoms with Gasteiger partial charge in [-0.05, 0) is 66.3 Å². The van der Waals surface area contributed by atoms with Crippen molar-refractivity contribution in [3.8, 4) is 0 Å².